The van der Waals surface area contributed by atoms with E-state index in [2.05, 4.69) is 74.0 Å². The number of aromatic nitrogens is 8. The lowest BCUT2D eigenvalue weighted by atomic mass is 9.95. The van der Waals surface area contributed by atoms with Gasteiger partial charge in [-0.25, -0.2) is 14.6 Å². The van der Waals surface area contributed by atoms with E-state index in [1.165, 1.54) is 6.92 Å². The maximum absolute atomic E-state index is 15.2. The van der Waals surface area contributed by atoms with Crippen molar-refractivity contribution in [1.82, 2.24) is 76.7 Å². The van der Waals surface area contributed by atoms with Crippen molar-refractivity contribution in [3.8, 4) is 22.5 Å². The Morgan fingerprint density at radius 3 is 1.90 bits per heavy atom. The van der Waals surface area contributed by atoms with Crippen molar-refractivity contribution in [3.63, 3.8) is 0 Å². The summed E-state index contributed by atoms with van der Waals surface area (Å²) in [5, 5.41) is 31.0. The lowest BCUT2D eigenvalue weighted by Crippen LogP contribution is -2.58. The third-order valence-corrected chi connectivity index (χ3v) is 19.8. The Morgan fingerprint density at radius 2 is 1.19 bits per heavy atom. The topological polar surface area (TPSA) is 455 Å². The number of hydrogen-bond donors (Lipinski definition) is 13. The first-order valence-electron chi connectivity index (χ1n) is 37.6. The number of primary amides is 2. The van der Waals surface area contributed by atoms with Crippen molar-refractivity contribution in [2.24, 2.45) is 17.2 Å². The van der Waals surface area contributed by atoms with E-state index < -0.39 is 96.3 Å². The number of pyridine rings is 1. The van der Waals surface area contributed by atoms with E-state index in [-0.39, 0.29) is 57.5 Å². The fourth-order valence-corrected chi connectivity index (χ4v) is 14.0. The molecule has 6 heterocycles. The van der Waals surface area contributed by atoms with Gasteiger partial charge in [0, 0.05) is 115 Å². The molecule has 30 heteroatoms. The molecule has 0 fully saturated rings. The third-order valence-electron chi connectivity index (χ3n) is 19.8. The molecule has 1 aliphatic heterocycles. The van der Waals surface area contributed by atoms with E-state index >= 15 is 4.79 Å². The van der Waals surface area contributed by atoms with E-state index in [1.807, 2.05) is 109 Å². The number of aromatic amines is 2. The molecule has 110 heavy (non-hydrogen) atoms. The molecule has 5 unspecified atom stereocenters. The molecule has 0 radical (unpaired) electrons. The average molecular weight is 1500 g/mol. The highest BCUT2D eigenvalue weighted by Gasteiger charge is 2.34. The Balaban J connectivity index is 0.801. The van der Waals surface area contributed by atoms with Gasteiger partial charge in [0.2, 0.25) is 59.1 Å². The number of amides is 10. The van der Waals surface area contributed by atoms with E-state index in [1.54, 1.807) is 34.1 Å². The van der Waals surface area contributed by atoms with Crippen molar-refractivity contribution in [2.45, 2.75) is 173 Å². The maximum atomic E-state index is 15.2. The second kappa shape index (κ2) is 37.5. The van der Waals surface area contributed by atoms with Gasteiger partial charge in [-0.3, -0.25) is 47.9 Å². The van der Waals surface area contributed by atoms with Crippen molar-refractivity contribution in [2.75, 3.05) is 30.3 Å². The minimum Gasteiger partial charge on any atom is -0.382 e. The number of benzene rings is 5. The van der Waals surface area contributed by atoms with Crippen molar-refractivity contribution in [3.05, 3.63) is 156 Å². The number of carbonyl (C=O) groups excluding carboxylic acids is 10. The predicted molar refractivity (Wildman–Crippen MR) is 418 cm³/mol. The minimum atomic E-state index is -1.46. The van der Waals surface area contributed by atoms with Crippen LogP contribution in [0.25, 0.3) is 66.3 Å². The zero-order chi connectivity index (χ0) is 77.8. The van der Waals surface area contributed by atoms with Crippen LogP contribution in [0, 0.1) is 0 Å². The monoisotopic (exact) mass is 1500 g/mol. The van der Waals surface area contributed by atoms with Crippen LogP contribution in [0.4, 0.5) is 11.5 Å². The van der Waals surface area contributed by atoms with Gasteiger partial charge in [0.15, 0.2) is 5.82 Å². The highest BCUT2D eigenvalue weighted by Crippen LogP contribution is 2.42. The first-order chi connectivity index (χ1) is 53.3. The predicted octanol–water partition coefficient (Wildman–Crippen LogP) is 5.72. The number of H-pyrrole nitrogens is 2. The second-order valence-corrected chi connectivity index (χ2v) is 27.8. The summed E-state index contributed by atoms with van der Waals surface area (Å²) >= 11 is 0. The number of anilines is 2. The van der Waals surface area contributed by atoms with Crippen LogP contribution in [-0.4, -0.2) is 148 Å². The molecular weight excluding hydrogens is 1400 g/mol. The summed E-state index contributed by atoms with van der Waals surface area (Å²) in [6.45, 7) is 4.81. The molecule has 0 saturated carbocycles. The van der Waals surface area contributed by atoms with Gasteiger partial charge in [-0.1, -0.05) is 116 Å². The normalized spacial score (nSPS) is 13.2. The number of hydrogen-bond acceptors (Lipinski definition) is 16. The summed E-state index contributed by atoms with van der Waals surface area (Å²) in [4.78, 5) is 156. The Bertz CT molecular complexity index is 5000. The SMILES string of the molecule is CCCCc1nc2c(N)nc3ccccc3c2n1CCCCNC(=O)CCC(NC(=O)CCC(=O)N1Cc2ccccc2-c2c(nnn2CCCCC(=O)NC(CCCCN)C(N)=O)-c2ccccc21)C(=O)NC(Cc1c[nH]c2ccccc12)C(=O)NC(C)C(=O)NC(Cc1c[nH]c2ccccc12)C(=O)NCC(N)=O. The quantitative estimate of drug-likeness (QED) is 0.0205. The summed E-state index contributed by atoms with van der Waals surface area (Å²) in [6.07, 6.45) is 8.75. The Labute approximate surface area is 635 Å². The molecule has 5 aromatic carbocycles. The summed E-state index contributed by atoms with van der Waals surface area (Å²) in [5.74, 6) is -5.17. The van der Waals surface area contributed by atoms with Gasteiger partial charge < -0.3 is 79.6 Å². The first kappa shape index (κ1) is 78.7. The smallest absolute Gasteiger partial charge is 0.243 e. The fourth-order valence-electron chi connectivity index (χ4n) is 14.0. The number of unbranched alkanes of at least 4 members (excludes halogenated alkanes) is 4. The lowest BCUT2D eigenvalue weighted by molar-refractivity contribution is -0.134. The Kier molecular flexibility index (Phi) is 26.8. The molecule has 0 spiro atoms. The molecule has 30 nitrogen and oxygen atoms in total. The minimum absolute atomic E-state index is 0.0169. The molecule has 576 valence electrons. The highest BCUT2D eigenvalue weighted by atomic mass is 16.2. The number of carbonyl (C=O) groups is 10. The van der Waals surface area contributed by atoms with E-state index in [0.29, 0.717) is 110 Å². The van der Waals surface area contributed by atoms with Crippen molar-refractivity contribution in [1.29, 1.82) is 0 Å². The molecule has 0 bridgehead atoms. The van der Waals surface area contributed by atoms with Crippen LogP contribution in [0.2, 0.25) is 0 Å². The maximum Gasteiger partial charge on any atom is 0.243 e. The van der Waals surface area contributed by atoms with E-state index in [0.717, 1.165) is 74.4 Å². The van der Waals surface area contributed by atoms with Gasteiger partial charge in [-0.15, -0.1) is 5.10 Å². The van der Waals surface area contributed by atoms with Crippen LogP contribution in [-0.2, 0) is 86.8 Å². The molecule has 11 rings (SSSR count). The number of nitrogen functional groups attached to an aromatic ring is 1. The molecular formula is C80H96N20O10. The number of para-hydroxylation sites is 4. The second-order valence-electron chi connectivity index (χ2n) is 27.8. The van der Waals surface area contributed by atoms with Crippen molar-refractivity contribution < 1.29 is 47.9 Å². The molecule has 10 aromatic rings. The molecule has 0 aliphatic carbocycles. The van der Waals surface area contributed by atoms with Gasteiger partial charge in [0.05, 0.1) is 35.5 Å². The standard InChI is InChI=1S/C80H96N20O10/c1-3-4-32-66-95-72-73(55-25-9-13-29-59(55)92-75(72)83)98(66)40-20-18-39-85-67(102)35-34-61(79(109)94-63(43-51-45-87-58-28-12-8-23-53(51)58)80(110)89-48(2)77(107)93-62(78(108)88-46-65(82)101)42-50-44-86-57-27-11-7-22-52(50)57)91-69(104)36-37-70(105)99-47-49-21-5-6-24-54(49)74-71(56-26-10-14-31-64(56)99)96-97-100(74)41-19-16-33-68(103)90-60(76(84)106)30-15-17-38-81/h5-14,21-29,31,44-45,48,60-63,86-87H,3-4,15-20,30,32-43,46-47,81H2,1-2H3,(H2,82,101)(H2,83,92)(H2,84,106)(H,85,102)(H,88,108)(H,89,110)(H,90,103)(H,91,104)(H,93,107)(H,94,109). The van der Waals surface area contributed by atoms with Crippen molar-refractivity contribution >= 4 is 114 Å². The molecule has 5 aromatic heterocycles. The first-order valence-corrected chi connectivity index (χ1v) is 37.6. The number of nitrogens with one attached hydrogen (secondary N) is 9. The van der Waals surface area contributed by atoms with Crippen LogP contribution >= 0.6 is 0 Å². The van der Waals surface area contributed by atoms with Crippen LogP contribution in [0.15, 0.2) is 134 Å². The Morgan fingerprint density at radius 1 is 0.564 bits per heavy atom. The van der Waals surface area contributed by atoms with Crippen LogP contribution in [0.3, 0.4) is 0 Å². The van der Waals surface area contributed by atoms with Gasteiger partial charge in [-0.05, 0) is 112 Å². The lowest BCUT2D eigenvalue weighted by Gasteiger charge is -2.28. The van der Waals surface area contributed by atoms with Gasteiger partial charge >= 0.3 is 0 Å². The molecule has 17 N–H and O–H groups in total. The highest BCUT2D eigenvalue weighted by molar-refractivity contribution is 6.07. The number of rotatable bonds is 39. The molecule has 0 saturated heterocycles. The van der Waals surface area contributed by atoms with Gasteiger partial charge in [0.25, 0.3) is 0 Å². The van der Waals surface area contributed by atoms with E-state index in [9.17, 15) is 43.2 Å². The van der Waals surface area contributed by atoms with Gasteiger partial charge in [0.1, 0.15) is 47.2 Å². The van der Waals surface area contributed by atoms with Crippen LogP contribution in [0.5, 0.6) is 0 Å². The number of nitrogens with two attached hydrogens (primary N) is 4. The number of fused-ring (bicyclic) bond motifs is 10. The average Bonchev–Trinajstić information content (AvgIpc) is 1.49. The summed E-state index contributed by atoms with van der Waals surface area (Å²) < 4.78 is 3.98. The molecule has 5 atom stereocenters. The van der Waals surface area contributed by atoms with Crippen LogP contribution < -0.4 is 65.1 Å². The summed E-state index contributed by atoms with van der Waals surface area (Å²) in [7, 11) is 0. The molecule has 1 aliphatic rings. The number of nitrogens with zero attached hydrogens (tertiary/aromatic N) is 7. The number of imidazole rings is 1. The zero-order valence-corrected chi connectivity index (χ0v) is 61.9. The fraction of sp³-hybridized carbons (Fsp3) is 0.375. The Hall–Kier alpha value is -12.3. The largest absolute Gasteiger partial charge is 0.382 e. The van der Waals surface area contributed by atoms with E-state index in [4.69, 9.17) is 27.9 Å². The summed E-state index contributed by atoms with van der Waals surface area (Å²) in [5.41, 5.74) is 32.0. The van der Waals surface area contributed by atoms with Gasteiger partial charge in [-0.2, -0.15) is 0 Å². The third kappa shape index (κ3) is 19.7. The van der Waals surface area contributed by atoms with Crippen LogP contribution in [0.1, 0.15) is 126 Å². The zero-order valence-electron chi connectivity index (χ0n) is 61.9. The summed E-state index contributed by atoms with van der Waals surface area (Å²) in [6, 6.07) is 31.1. The number of aryl methyl sites for hydroxylation is 3. The molecule has 10 amide bonds.